The van der Waals surface area contributed by atoms with E-state index >= 15 is 0 Å². The first-order valence-corrected chi connectivity index (χ1v) is 11.8. The highest BCUT2D eigenvalue weighted by molar-refractivity contribution is 5.90. The van der Waals surface area contributed by atoms with Gasteiger partial charge in [0.2, 0.25) is 0 Å². The number of esters is 1. The fourth-order valence-corrected chi connectivity index (χ4v) is 4.59. The van der Waals surface area contributed by atoms with Gasteiger partial charge in [-0.25, -0.2) is 19.7 Å². The number of aromatic hydroxyl groups is 1. The molecule has 14 nitrogen and oxygen atoms in total. The van der Waals surface area contributed by atoms with Crippen LogP contribution in [0.2, 0.25) is 0 Å². The van der Waals surface area contributed by atoms with Gasteiger partial charge in [0.15, 0.2) is 17.7 Å². The van der Waals surface area contributed by atoms with Crippen LogP contribution in [0.15, 0.2) is 55.4 Å². The number of fused-ring (bicyclic) bond motifs is 1. The van der Waals surface area contributed by atoms with Crippen LogP contribution in [0, 0.1) is 0 Å². The van der Waals surface area contributed by atoms with E-state index in [1.54, 1.807) is 18.2 Å². The van der Waals surface area contributed by atoms with Crippen molar-refractivity contribution in [2.75, 3.05) is 12.3 Å². The first-order valence-electron chi connectivity index (χ1n) is 11.8. The van der Waals surface area contributed by atoms with E-state index in [1.807, 2.05) is 0 Å². The zero-order valence-electron chi connectivity index (χ0n) is 20.2. The molecule has 202 valence electrons. The van der Waals surface area contributed by atoms with Gasteiger partial charge in [-0.05, 0) is 23.3 Å². The lowest BCUT2D eigenvalue weighted by Crippen LogP contribution is -2.34. The number of carboxylic acids is 1. The maximum absolute atomic E-state index is 12.9. The molecule has 0 aliphatic carbocycles. The number of nitrogens with two attached hydrogens (primary N) is 1. The van der Waals surface area contributed by atoms with Crippen molar-refractivity contribution < 1.29 is 39.5 Å². The number of carboxylic acid groups (broad SMARTS) is 1. The number of benzene rings is 1. The maximum Gasteiger partial charge on any atom is 0.335 e. The molecule has 1 fully saturated rings. The third kappa shape index (κ3) is 5.07. The Morgan fingerprint density at radius 3 is 2.69 bits per heavy atom. The number of imidazole rings is 1. The third-order valence-electron chi connectivity index (χ3n) is 6.49. The Bertz CT molecular complexity index is 1530. The summed E-state index contributed by atoms with van der Waals surface area (Å²) in [7, 11) is 0. The minimum absolute atomic E-state index is 0.0174. The molecule has 0 amide bonds. The van der Waals surface area contributed by atoms with Crippen molar-refractivity contribution in [1.29, 1.82) is 0 Å². The predicted molar refractivity (Wildman–Crippen MR) is 132 cm³/mol. The number of carbonyl (C=O) groups excluding carboxylic acids is 1. The van der Waals surface area contributed by atoms with Gasteiger partial charge >= 0.3 is 11.9 Å². The van der Waals surface area contributed by atoms with Crippen LogP contribution in [0.4, 0.5) is 5.82 Å². The van der Waals surface area contributed by atoms with Crippen molar-refractivity contribution in [2.24, 2.45) is 0 Å². The maximum atomic E-state index is 12.9. The molecule has 4 aromatic rings. The number of rotatable bonds is 8. The minimum Gasteiger partial charge on any atom is -0.506 e. The molecular formula is C25H24N6O8. The van der Waals surface area contributed by atoms with Gasteiger partial charge in [-0.15, -0.1) is 0 Å². The molecule has 1 aromatic carbocycles. The molecule has 0 spiro atoms. The van der Waals surface area contributed by atoms with Gasteiger partial charge in [0.05, 0.1) is 24.5 Å². The summed E-state index contributed by atoms with van der Waals surface area (Å²) in [6.07, 6.45) is -0.0543. The zero-order chi connectivity index (χ0) is 27.7. The number of aliphatic hydroxyl groups excluding tert-OH is 2. The number of aliphatic hydroxyl groups is 2. The average Bonchev–Trinajstić information content (AvgIpc) is 3.47. The standard InChI is InChI=1S/C25H24N6O8/c26-22-19-23(29-10-28-22)31(11-30-19)24-21(35)20(34)17(39-24)9-38-18(33)6-16(12-5-13(32)8-27-7-12)14-3-1-2-4-15(14)25(36)37/h1-5,7-8,10-11,16-17,20-21,24,32,34-35H,6,9H2,(H,36,37)(H2,26,28,29)/t16?,17-,20-,21-,24-/m1/s1. The molecule has 14 heteroatoms. The van der Waals surface area contributed by atoms with E-state index in [9.17, 15) is 30.0 Å². The fraction of sp³-hybridized carbons (Fsp3) is 0.280. The highest BCUT2D eigenvalue weighted by atomic mass is 16.6. The minimum atomic E-state index is -1.40. The summed E-state index contributed by atoms with van der Waals surface area (Å²) in [5.74, 6) is -2.73. The molecule has 1 aliphatic rings. The number of nitrogen functional groups attached to an aromatic ring is 1. The van der Waals surface area contributed by atoms with Gasteiger partial charge in [-0.1, -0.05) is 18.2 Å². The summed E-state index contributed by atoms with van der Waals surface area (Å²) in [6.45, 7) is -0.400. The smallest absolute Gasteiger partial charge is 0.335 e. The van der Waals surface area contributed by atoms with Crippen LogP contribution in [0.3, 0.4) is 0 Å². The molecule has 1 aliphatic heterocycles. The number of aromatic nitrogens is 5. The lowest BCUT2D eigenvalue weighted by atomic mass is 9.86. The number of pyridine rings is 1. The molecular weight excluding hydrogens is 512 g/mol. The van der Waals surface area contributed by atoms with E-state index in [4.69, 9.17) is 15.2 Å². The van der Waals surface area contributed by atoms with Crippen molar-refractivity contribution >= 4 is 28.9 Å². The predicted octanol–water partition coefficient (Wildman–Crippen LogP) is 0.592. The number of carbonyl (C=O) groups is 2. The Hall–Kier alpha value is -4.66. The Morgan fingerprint density at radius 2 is 1.92 bits per heavy atom. The van der Waals surface area contributed by atoms with E-state index in [2.05, 4.69) is 19.9 Å². The van der Waals surface area contributed by atoms with Crippen molar-refractivity contribution in [2.45, 2.75) is 36.9 Å². The van der Waals surface area contributed by atoms with Crippen molar-refractivity contribution in [3.63, 3.8) is 0 Å². The summed E-state index contributed by atoms with van der Waals surface area (Å²) in [5.41, 5.74) is 7.11. The Kier molecular flexibility index (Phi) is 7.06. The van der Waals surface area contributed by atoms with Crippen molar-refractivity contribution in [1.82, 2.24) is 24.5 Å². The SMILES string of the molecule is Nc1ncnc2c1ncn2[C@@H]1O[C@H](COC(=O)CC(c2cncc(O)c2)c2ccccc2C(=O)O)[C@@H](O)[C@H]1O. The Morgan fingerprint density at radius 1 is 1.13 bits per heavy atom. The Balaban J connectivity index is 1.32. The monoisotopic (exact) mass is 536 g/mol. The molecule has 39 heavy (non-hydrogen) atoms. The van der Waals surface area contributed by atoms with Crippen LogP contribution in [0.1, 0.15) is 40.1 Å². The molecule has 4 heterocycles. The topological polar surface area (TPSA) is 216 Å². The van der Waals surface area contributed by atoms with Crippen LogP contribution < -0.4 is 5.73 Å². The van der Waals surface area contributed by atoms with Crippen molar-refractivity contribution in [3.05, 3.63) is 72.1 Å². The van der Waals surface area contributed by atoms with Crippen LogP contribution in [-0.2, 0) is 14.3 Å². The summed E-state index contributed by atoms with van der Waals surface area (Å²) >= 11 is 0. The van der Waals surface area contributed by atoms with Crippen LogP contribution in [0.25, 0.3) is 11.2 Å². The number of ether oxygens (including phenoxy) is 2. The number of anilines is 1. The molecule has 6 N–H and O–H groups in total. The summed E-state index contributed by atoms with van der Waals surface area (Å²) in [4.78, 5) is 40.8. The van der Waals surface area contributed by atoms with E-state index in [0.29, 0.717) is 16.6 Å². The second-order valence-electron chi connectivity index (χ2n) is 8.94. The number of nitrogens with zero attached hydrogens (tertiary/aromatic N) is 5. The zero-order valence-corrected chi connectivity index (χ0v) is 20.2. The quantitative estimate of drug-likeness (QED) is 0.195. The van der Waals surface area contributed by atoms with E-state index in [0.717, 1.165) is 0 Å². The highest BCUT2D eigenvalue weighted by Gasteiger charge is 2.45. The van der Waals surface area contributed by atoms with Crippen LogP contribution in [0.5, 0.6) is 5.75 Å². The van der Waals surface area contributed by atoms with E-state index in [1.165, 1.54) is 41.7 Å². The van der Waals surface area contributed by atoms with Crippen LogP contribution in [-0.4, -0.2) is 81.8 Å². The molecule has 5 atom stereocenters. The van der Waals surface area contributed by atoms with Gasteiger partial charge in [-0.3, -0.25) is 14.3 Å². The first-order chi connectivity index (χ1) is 18.7. The van der Waals surface area contributed by atoms with Crippen molar-refractivity contribution in [3.8, 4) is 5.75 Å². The molecule has 0 bridgehead atoms. The molecule has 1 unspecified atom stereocenters. The lowest BCUT2D eigenvalue weighted by molar-refractivity contribution is -0.150. The molecule has 5 rings (SSSR count). The largest absolute Gasteiger partial charge is 0.506 e. The van der Waals surface area contributed by atoms with E-state index in [-0.39, 0.29) is 29.2 Å². The highest BCUT2D eigenvalue weighted by Crippen LogP contribution is 2.34. The summed E-state index contributed by atoms with van der Waals surface area (Å²) in [6, 6.07) is 7.57. The number of aromatic carboxylic acids is 1. The van der Waals surface area contributed by atoms with E-state index < -0.39 is 49.0 Å². The van der Waals surface area contributed by atoms with Gasteiger partial charge in [0.1, 0.15) is 42.5 Å². The summed E-state index contributed by atoms with van der Waals surface area (Å²) in [5, 5.41) is 40.8. The van der Waals surface area contributed by atoms with Gasteiger partial charge in [-0.2, -0.15) is 0 Å². The number of hydrogen-bond donors (Lipinski definition) is 5. The second-order valence-corrected chi connectivity index (χ2v) is 8.94. The van der Waals surface area contributed by atoms with Crippen LogP contribution >= 0.6 is 0 Å². The van der Waals surface area contributed by atoms with Gasteiger partial charge < -0.3 is 35.6 Å². The second kappa shape index (κ2) is 10.6. The summed E-state index contributed by atoms with van der Waals surface area (Å²) < 4.78 is 12.6. The molecule has 0 saturated carbocycles. The third-order valence-corrected chi connectivity index (χ3v) is 6.49. The van der Waals surface area contributed by atoms with Gasteiger partial charge in [0, 0.05) is 12.1 Å². The normalized spacial score (nSPS) is 21.6. The fourth-order valence-electron chi connectivity index (χ4n) is 4.59. The molecule has 0 radical (unpaired) electrons. The molecule has 1 saturated heterocycles. The first kappa shape index (κ1) is 26.0. The average molecular weight is 537 g/mol. The van der Waals surface area contributed by atoms with Gasteiger partial charge in [0.25, 0.3) is 0 Å². The number of hydrogen-bond acceptors (Lipinski definition) is 12. The molecule has 3 aromatic heterocycles. The lowest BCUT2D eigenvalue weighted by Gasteiger charge is -2.20. The Labute approximate surface area is 220 Å².